The highest BCUT2D eigenvalue weighted by atomic mass is 127. The molecule has 0 amide bonds. The molecule has 1 aliphatic heterocycles. The second-order valence-electron chi connectivity index (χ2n) is 7.59. The van der Waals surface area contributed by atoms with Crippen molar-refractivity contribution in [3.05, 3.63) is 41.1 Å². The molecule has 0 saturated heterocycles. The van der Waals surface area contributed by atoms with Crippen LogP contribution in [0.15, 0.2) is 24.3 Å². The van der Waals surface area contributed by atoms with Crippen LogP contribution in [0.2, 0.25) is 0 Å². The first-order valence-corrected chi connectivity index (χ1v) is 9.76. The van der Waals surface area contributed by atoms with Crippen LogP contribution in [0.4, 0.5) is 5.69 Å². The number of hydrazine groups is 1. The number of methoxy groups -OCH3 is 1. The smallest absolute Gasteiger partial charge is 0.345 e. The summed E-state index contributed by atoms with van der Waals surface area (Å²) in [6.45, 7) is 9.65. The van der Waals surface area contributed by atoms with E-state index in [0.29, 0.717) is 22.8 Å². The van der Waals surface area contributed by atoms with Gasteiger partial charge in [0, 0.05) is 11.6 Å². The molecule has 1 aromatic heterocycles. The number of aryl methyl sites for hydroxylation is 1. The van der Waals surface area contributed by atoms with Crippen LogP contribution < -0.4 is 15.6 Å². The molecule has 1 aliphatic rings. The Labute approximate surface area is 173 Å². The lowest BCUT2D eigenvalue weighted by molar-refractivity contribution is -0.158. The standard InChI is InChI=1S/C20H24IN3O3/c1-11-8-7-9-13(12(11)2)16-15(26-6)10-14-17(22-16)20(21,24-23-14)18(25)27-19(3,4)5/h7-10,23-24H,1-6H3. The Morgan fingerprint density at radius 2 is 1.96 bits per heavy atom. The van der Waals surface area contributed by atoms with Gasteiger partial charge in [0.15, 0.2) is 0 Å². The molecule has 1 aromatic carbocycles. The lowest BCUT2D eigenvalue weighted by atomic mass is 9.99. The van der Waals surface area contributed by atoms with Crippen LogP contribution in [0.25, 0.3) is 11.3 Å². The molecule has 144 valence electrons. The zero-order chi connectivity index (χ0) is 20.0. The number of esters is 1. The Kier molecular flexibility index (Phi) is 5.11. The lowest BCUT2D eigenvalue weighted by Gasteiger charge is -2.26. The predicted molar refractivity (Wildman–Crippen MR) is 114 cm³/mol. The van der Waals surface area contributed by atoms with Crippen molar-refractivity contribution >= 4 is 34.2 Å². The van der Waals surface area contributed by atoms with Gasteiger partial charge in [-0.15, -0.1) is 0 Å². The fraction of sp³-hybridized carbons (Fsp3) is 0.400. The number of nitrogens with one attached hydrogen (secondary N) is 2. The molecule has 0 aliphatic carbocycles. The third-order valence-electron chi connectivity index (χ3n) is 4.44. The highest BCUT2D eigenvalue weighted by Crippen LogP contribution is 2.44. The fourth-order valence-corrected chi connectivity index (χ4v) is 3.57. The number of carbonyl (C=O) groups excluding carboxylic acids is 1. The van der Waals surface area contributed by atoms with Crippen molar-refractivity contribution in [2.45, 2.75) is 43.8 Å². The van der Waals surface area contributed by atoms with Gasteiger partial charge in [-0.25, -0.2) is 15.2 Å². The predicted octanol–water partition coefficient (Wildman–Crippen LogP) is 4.23. The van der Waals surface area contributed by atoms with Crippen LogP contribution in [0.5, 0.6) is 5.75 Å². The van der Waals surface area contributed by atoms with Crippen LogP contribution in [0, 0.1) is 13.8 Å². The Bertz CT molecular complexity index is 908. The highest BCUT2D eigenvalue weighted by molar-refractivity contribution is 14.1. The van der Waals surface area contributed by atoms with Crippen molar-refractivity contribution in [2.24, 2.45) is 0 Å². The molecule has 1 atom stereocenters. The molecule has 6 nitrogen and oxygen atoms in total. The van der Waals surface area contributed by atoms with E-state index in [1.165, 1.54) is 5.56 Å². The normalized spacial score (nSPS) is 18.6. The zero-order valence-electron chi connectivity index (χ0n) is 16.4. The van der Waals surface area contributed by atoms with E-state index in [2.05, 4.69) is 30.8 Å². The number of nitrogens with zero attached hydrogens (tertiary/aromatic N) is 1. The summed E-state index contributed by atoms with van der Waals surface area (Å²) >= 11 is 2.05. The first-order chi connectivity index (χ1) is 12.6. The second kappa shape index (κ2) is 6.94. The second-order valence-corrected chi connectivity index (χ2v) is 9.21. The number of benzene rings is 1. The molecule has 0 bridgehead atoms. The molecule has 7 heteroatoms. The molecular formula is C20H24IN3O3. The van der Waals surface area contributed by atoms with E-state index in [4.69, 9.17) is 14.5 Å². The molecule has 2 N–H and O–H groups in total. The van der Waals surface area contributed by atoms with Crippen LogP contribution in [0.3, 0.4) is 0 Å². The van der Waals surface area contributed by atoms with Gasteiger partial charge in [0.2, 0.25) is 3.55 Å². The van der Waals surface area contributed by atoms with Crippen molar-refractivity contribution < 1.29 is 14.3 Å². The molecule has 0 radical (unpaired) electrons. The van der Waals surface area contributed by atoms with Gasteiger partial charge in [-0.3, -0.25) is 0 Å². The Hall–Kier alpha value is -1.87. The topological polar surface area (TPSA) is 72.5 Å². The maximum Gasteiger partial charge on any atom is 0.345 e. The Balaban J connectivity index is 2.15. The Morgan fingerprint density at radius 3 is 2.59 bits per heavy atom. The van der Waals surface area contributed by atoms with Gasteiger partial charge in [0.25, 0.3) is 0 Å². The quantitative estimate of drug-likeness (QED) is 0.296. The van der Waals surface area contributed by atoms with Crippen molar-refractivity contribution in [2.75, 3.05) is 12.5 Å². The van der Waals surface area contributed by atoms with Gasteiger partial charge in [0.05, 0.1) is 12.8 Å². The van der Waals surface area contributed by atoms with E-state index in [9.17, 15) is 4.79 Å². The zero-order valence-corrected chi connectivity index (χ0v) is 18.5. The van der Waals surface area contributed by atoms with E-state index >= 15 is 0 Å². The van der Waals surface area contributed by atoms with E-state index in [0.717, 1.165) is 11.1 Å². The minimum absolute atomic E-state index is 0.397. The number of fused-ring (bicyclic) bond motifs is 1. The van der Waals surface area contributed by atoms with E-state index < -0.39 is 15.1 Å². The number of hydrogen-bond donors (Lipinski definition) is 2. The molecule has 2 heterocycles. The minimum Gasteiger partial charge on any atom is -0.494 e. The number of hydrogen-bond acceptors (Lipinski definition) is 6. The third-order valence-corrected chi connectivity index (χ3v) is 5.66. The number of anilines is 1. The van der Waals surface area contributed by atoms with Gasteiger partial charge in [-0.05, 0) is 68.3 Å². The van der Waals surface area contributed by atoms with Crippen LogP contribution >= 0.6 is 22.6 Å². The maximum atomic E-state index is 12.9. The highest BCUT2D eigenvalue weighted by Gasteiger charge is 2.48. The largest absolute Gasteiger partial charge is 0.494 e. The number of carbonyl (C=O) groups is 1. The molecule has 0 spiro atoms. The van der Waals surface area contributed by atoms with Crippen molar-refractivity contribution in [1.82, 2.24) is 10.4 Å². The average Bonchev–Trinajstić information content (AvgIpc) is 2.92. The summed E-state index contributed by atoms with van der Waals surface area (Å²) in [5.74, 6) is 0.244. The summed E-state index contributed by atoms with van der Waals surface area (Å²) in [6.07, 6.45) is 0. The number of halogens is 1. The van der Waals surface area contributed by atoms with E-state index in [1.807, 2.05) is 61.6 Å². The van der Waals surface area contributed by atoms with Gasteiger partial charge in [0.1, 0.15) is 22.7 Å². The lowest BCUT2D eigenvalue weighted by Crippen LogP contribution is -2.45. The first kappa shape index (κ1) is 19.9. The van der Waals surface area contributed by atoms with E-state index in [-0.39, 0.29) is 0 Å². The van der Waals surface area contributed by atoms with Crippen LogP contribution in [-0.2, 0) is 13.1 Å². The Morgan fingerprint density at radius 1 is 1.26 bits per heavy atom. The molecule has 3 rings (SSSR count). The number of aromatic nitrogens is 1. The molecular weight excluding hydrogens is 457 g/mol. The average molecular weight is 481 g/mol. The summed E-state index contributed by atoms with van der Waals surface area (Å²) < 4.78 is 10.1. The third kappa shape index (κ3) is 3.62. The number of pyridine rings is 1. The molecule has 1 unspecified atom stereocenters. The maximum absolute atomic E-state index is 12.9. The summed E-state index contributed by atoms with van der Waals surface area (Å²) in [7, 11) is 1.62. The summed E-state index contributed by atoms with van der Waals surface area (Å²) in [6, 6.07) is 7.92. The first-order valence-electron chi connectivity index (χ1n) is 8.68. The summed E-state index contributed by atoms with van der Waals surface area (Å²) in [4.78, 5) is 17.7. The molecule has 0 fully saturated rings. The monoisotopic (exact) mass is 481 g/mol. The number of alkyl halides is 1. The number of ether oxygens (including phenoxy) is 2. The van der Waals surface area contributed by atoms with Gasteiger partial charge < -0.3 is 14.9 Å². The van der Waals surface area contributed by atoms with Crippen molar-refractivity contribution in [1.29, 1.82) is 0 Å². The van der Waals surface area contributed by atoms with Crippen LogP contribution in [0.1, 0.15) is 37.6 Å². The van der Waals surface area contributed by atoms with Crippen molar-refractivity contribution in [3.63, 3.8) is 0 Å². The molecule has 27 heavy (non-hydrogen) atoms. The fourth-order valence-electron chi connectivity index (χ4n) is 2.92. The number of rotatable bonds is 3. The van der Waals surface area contributed by atoms with E-state index in [1.54, 1.807) is 7.11 Å². The van der Waals surface area contributed by atoms with Gasteiger partial charge >= 0.3 is 5.97 Å². The molecule has 2 aromatic rings. The van der Waals surface area contributed by atoms with Gasteiger partial charge in [-0.1, -0.05) is 18.2 Å². The SMILES string of the molecule is COc1cc2c(nc1-c1cccc(C)c1C)C(I)(C(=O)OC(C)(C)C)NN2. The van der Waals surface area contributed by atoms with Crippen molar-refractivity contribution in [3.8, 4) is 17.0 Å². The minimum atomic E-state index is -1.13. The van der Waals surface area contributed by atoms with Gasteiger partial charge in [-0.2, -0.15) is 0 Å². The summed E-state index contributed by atoms with van der Waals surface area (Å²) in [5, 5.41) is 0. The van der Waals surface area contributed by atoms with Crippen LogP contribution in [-0.4, -0.2) is 23.7 Å². The molecule has 0 saturated carbocycles. The summed E-state index contributed by atoms with van der Waals surface area (Å²) in [5.41, 5.74) is 10.7.